The van der Waals surface area contributed by atoms with Gasteiger partial charge in [0.05, 0.1) is 5.41 Å². The number of rotatable bonds is 3. The first-order valence-corrected chi connectivity index (χ1v) is 16.9. The first-order chi connectivity index (χ1) is 24.3. The van der Waals surface area contributed by atoms with Crippen LogP contribution in [0.4, 0.5) is 17.1 Å². The molecule has 1 aromatic heterocycles. The van der Waals surface area contributed by atoms with E-state index in [9.17, 15) is 0 Å². The molecule has 0 saturated carbocycles. The van der Waals surface area contributed by atoms with Crippen molar-refractivity contribution >= 4 is 49.8 Å². The van der Waals surface area contributed by atoms with Crippen molar-refractivity contribution < 1.29 is 4.42 Å². The van der Waals surface area contributed by atoms with Crippen LogP contribution >= 0.6 is 0 Å². The molecule has 0 fully saturated rings. The van der Waals surface area contributed by atoms with Gasteiger partial charge in [-0.05, 0) is 92.2 Å². The molecule has 0 amide bonds. The van der Waals surface area contributed by atoms with E-state index in [1.807, 2.05) is 0 Å². The molecule has 1 spiro atoms. The van der Waals surface area contributed by atoms with E-state index in [0.29, 0.717) is 0 Å². The van der Waals surface area contributed by atoms with E-state index >= 15 is 0 Å². The minimum atomic E-state index is -0.493. The molecule has 2 heteroatoms. The second-order valence-electron chi connectivity index (χ2n) is 13.2. The fraction of sp³-hybridized carbons (Fsp3) is 0.0213. The van der Waals surface area contributed by atoms with Crippen molar-refractivity contribution in [3.63, 3.8) is 0 Å². The first kappa shape index (κ1) is 26.7. The van der Waals surface area contributed by atoms with Crippen LogP contribution in [0.3, 0.4) is 0 Å². The lowest BCUT2D eigenvalue weighted by atomic mass is 9.70. The molecule has 1 heterocycles. The molecule has 9 aromatic rings. The predicted molar refractivity (Wildman–Crippen MR) is 202 cm³/mol. The minimum Gasteiger partial charge on any atom is -0.455 e. The van der Waals surface area contributed by atoms with Gasteiger partial charge in [0.2, 0.25) is 0 Å². The van der Waals surface area contributed by atoms with Crippen molar-refractivity contribution in [2.75, 3.05) is 4.90 Å². The Morgan fingerprint density at radius 3 is 1.92 bits per heavy atom. The minimum absolute atomic E-state index is 0.493. The Kier molecular flexibility index (Phi) is 5.34. The lowest BCUT2D eigenvalue weighted by molar-refractivity contribution is 0.669. The van der Waals surface area contributed by atoms with Crippen molar-refractivity contribution in [3.05, 3.63) is 198 Å². The van der Waals surface area contributed by atoms with E-state index in [0.717, 1.165) is 39.0 Å². The van der Waals surface area contributed by atoms with Crippen LogP contribution in [0.1, 0.15) is 22.3 Å². The Labute approximate surface area is 284 Å². The van der Waals surface area contributed by atoms with E-state index in [4.69, 9.17) is 4.42 Å². The third-order valence-corrected chi connectivity index (χ3v) is 10.8. The van der Waals surface area contributed by atoms with Crippen LogP contribution in [0, 0.1) is 0 Å². The average Bonchev–Trinajstić information content (AvgIpc) is 3.79. The van der Waals surface area contributed by atoms with Crippen LogP contribution < -0.4 is 4.90 Å². The van der Waals surface area contributed by atoms with Crippen LogP contribution in [0.2, 0.25) is 0 Å². The van der Waals surface area contributed by atoms with Crippen molar-refractivity contribution in [1.29, 1.82) is 0 Å². The monoisotopic (exact) mass is 623 g/mol. The third-order valence-electron chi connectivity index (χ3n) is 10.8. The van der Waals surface area contributed by atoms with Gasteiger partial charge in [-0.15, -0.1) is 0 Å². The van der Waals surface area contributed by atoms with Crippen LogP contribution in [0.5, 0.6) is 0 Å². The molecule has 0 N–H and O–H groups in total. The van der Waals surface area contributed by atoms with E-state index in [2.05, 4.69) is 181 Å². The van der Waals surface area contributed by atoms with Gasteiger partial charge in [0, 0.05) is 33.4 Å². The fourth-order valence-corrected chi connectivity index (χ4v) is 8.87. The van der Waals surface area contributed by atoms with Crippen LogP contribution in [0.25, 0.3) is 55.0 Å². The number of furan rings is 1. The number of fused-ring (bicyclic) bond motifs is 15. The molecule has 0 saturated heterocycles. The van der Waals surface area contributed by atoms with Crippen LogP contribution in [-0.4, -0.2) is 0 Å². The summed E-state index contributed by atoms with van der Waals surface area (Å²) in [6, 6.07) is 64.2. The lowest BCUT2D eigenvalue weighted by Crippen LogP contribution is -2.26. The molecule has 1 atom stereocenters. The van der Waals surface area contributed by atoms with Gasteiger partial charge in [-0.3, -0.25) is 0 Å². The summed E-state index contributed by atoms with van der Waals surface area (Å²) in [5.41, 5.74) is 15.0. The van der Waals surface area contributed by atoms with E-state index in [1.54, 1.807) is 0 Å². The Morgan fingerprint density at radius 1 is 0.388 bits per heavy atom. The van der Waals surface area contributed by atoms with Crippen molar-refractivity contribution in [3.8, 4) is 22.3 Å². The molecule has 0 aliphatic heterocycles. The quantitative estimate of drug-likeness (QED) is 0.195. The Hall–Kier alpha value is -6.38. The van der Waals surface area contributed by atoms with Crippen molar-refractivity contribution in [2.24, 2.45) is 0 Å². The molecule has 2 aliphatic carbocycles. The zero-order chi connectivity index (χ0) is 32.1. The Morgan fingerprint density at radius 2 is 1.04 bits per heavy atom. The summed E-state index contributed by atoms with van der Waals surface area (Å²) < 4.78 is 6.74. The largest absolute Gasteiger partial charge is 0.455 e. The zero-order valence-electron chi connectivity index (χ0n) is 26.6. The van der Waals surface area contributed by atoms with E-state index < -0.39 is 5.41 Å². The second-order valence-corrected chi connectivity index (χ2v) is 13.2. The standard InChI is InChI=1S/C47H29NO/c1-2-14-32(15-3-1)48(33-23-22-30-12-4-5-13-31(30)28-33)34-24-25-36-35-16-6-9-19-40(35)47(43(36)29-34)41-20-10-7-18-39(41)45-42(47)27-26-38-37-17-8-11-21-44(37)49-46(38)45/h1-29H. The Bertz CT molecular complexity index is 2790. The molecule has 0 radical (unpaired) electrons. The molecule has 228 valence electrons. The van der Waals surface area contributed by atoms with Crippen molar-refractivity contribution in [1.82, 2.24) is 0 Å². The number of hydrogen-bond donors (Lipinski definition) is 0. The number of anilines is 3. The van der Waals surface area contributed by atoms with Crippen LogP contribution in [0.15, 0.2) is 180 Å². The van der Waals surface area contributed by atoms with Gasteiger partial charge in [-0.25, -0.2) is 0 Å². The lowest BCUT2D eigenvalue weighted by Gasteiger charge is -2.32. The summed E-state index contributed by atoms with van der Waals surface area (Å²) in [5.74, 6) is 0. The molecule has 1 unspecified atom stereocenters. The summed E-state index contributed by atoms with van der Waals surface area (Å²) >= 11 is 0. The molecular weight excluding hydrogens is 595 g/mol. The van der Waals surface area contributed by atoms with Gasteiger partial charge in [0.1, 0.15) is 11.2 Å². The number of para-hydroxylation sites is 2. The summed E-state index contributed by atoms with van der Waals surface area (Å²) in [6.45, 7) is 0. The number of benzene rings is 8. The van der Waals surface area contributed by atoms with E-state index in [-0.39, 0.29) is 0 Å². The average molecular weight is 624 g/mol. The van der Waals surface area contributed by atoms with Crippen LogP contribution in [-0.2, 0) is 5.41 Å². The Balaban J connectivity index is 1.22. The van der Waals surface area contributed by atoms with Gasteiger partial charge in [0.15, 0.2) is 0 Å². The number of hydrogen-bond acceptors (Lipinski definition) is 2. The summed E-state index contributed by atoms with van der Waals surface area (Å²) in [7, 11) is 0. The third kappa shape index (κ3) is 3.50. The number of nitrogens with zero attached hydrogens (tertiary/aromatic N) is 1. The topological polar surface area (TPSA) is 16.4 Å². The maximum absolute atomic E-state index is 6.74. The highest BCUT2D eigenvalue weighted by Gasteiger charge is 2.52. The summed E-state index contributed by atoms with van der Waals surface area (Å²) in [5, 5.41) is 4.77. The normalized spacial score (nSPS) is 15.4. The molecule has 2 aliphatic rings. The second kappa shape index (κ2) is 9.82. The smallest absolute Gasteiger partial charge is 0.143 e. The maximum atomic E-state index is 6.74. The van der Waals surface area contributed by atoms with Gasteiger partial charge >= 0.3 is 0 Å². The van der Waals surface area contributed by atoms with Gasteiger partial charge in [-0.1, -0.05) is 133 Å². The highest BCUT2D eigenvalue weighted by Crippen LogP contribution is 2.64. The maximum Gasteiger partial charge on any atom is 0.143 e. The SMILES string of the molecule is c1ccc(N(c2ccc3c(c2)C2(c4ccccc4-3)c3ccccc3-c3c2ccc2c3oc3ccccc32)c2ccc3ccccc3c2)cc1. The van der Waals surface area contributed by atoms with E-state index in [1.165, 1.54) is 55.3 Å². The zero-order valence-corrected chi connectivity index (χ0v) is 26.6. The molecule has 8 aromatic carbocycles. The van der Waals surface area contributed by atoms with Gasteiger partial charge in [-0.2, -0.15) is 0 Å². The molecule has 11 rings (SSSR count). The molecule has 49 heavy (non-hydrogen) atoms. The first-order valence-electron chi connectivity index (χ1n) is 16.9. The van der Waals surface area contributed by atoms with Gasteiger partial charge < -0.3 is 9.32 Å². The van der Waals surface area contributed by atoms with Crippen molar-refractivity contribution in [2.45, 2.75) is 5.41 Å². The highest BCUT2D eigenvalue weighted by molar-refractivity contribution is 6.13. The summed E-state index contributed by atoms with van der Waals surface area (Å²) in [6.07, 6.45) is 0. The summed E-state index contributed by atoms with van der Waals surface area (Å²) in [4.78, 5) is 2.40. The molecular formula is C47H29NO. The fourth-order valence-electron chi connectivity index (χ4n) is 8.87. The highest BCUT2D eigenvalue weighted by atomic mass is 16.3. The molecule has 0 bridgehead atoms. The van der Waals surface area contributed by atoms with Gasteiger partial charge in [0.25, 0.3) is 0 Å². The molecule has 2 nitrogen and oxygen atoms in total. The predicted octanol–water partition coefficient (Wildman–Crippen LogP) is 12.6.